The lowest BCUT2D eigenvalue weighted by Gasteiger charge is -2.17. The summed E-state index contributed by atoms with van der Waals surface area (Å²) in [7, 11) is 1.29. The first-order chi connectivity index (χ1) is 9.52. The van der Waals surface area contributed by atoms with Gasteiger partial charge in [0.1, 0.15) is 13.5 Å². The van der Waals surface area contributed by atoms with Crippen molar-refractivity contribution in [2.24, 2.45) is 0 Å². The number of carbonyl (C=O) groups is 1. The molecule has 21 heavy (non-hydrogen) atoms. The number of benzene rings is 1. The van der Waals surface area contributed by atoms with E-state index in [2.05, 4.69) is 5.32 Å². The summed E-state index contributed by atoms with van der Waals surface area (Å²) in [6.07, 6.45) is -5.02. The Kier molecular flexibility index (Phi) is 4.82. The Hall–Kier alpha value is -2.26. The topological polar surface area (TPSA) is 92.5 Å². The molecule has 0 amide bonds. The maximum Gasteiger partial charge on any atom is 0.416 e. The monoisotopic (exact) mass is 304 g/mol. The minimum Gasteiger partial charge on any atom is -0.481 e. The molecule has 0 aliphatic rings. The molecule has 1 atom stereocenters. The molecular weight excluding hydrogens is 292 g/mol. The highest BCUT2D eigenvalue weighted by Gasteiger charge is 2.34. The van der Waals surface area contributed by atoms with Crippen molar-refractivity contribution < 1.29 is 28.0 Å². The zero-order valence-electron chi connectivity index (χ0n) is 11.2. The summed E-state index contributed by atoms with van der Waals surface area (Å²) in [4.78, 5) is 20.6. The zero-order chi connectivity index (χ0) is 16.4. The normalized spacial score (nSPS) is 12.8. The maximum atomic E-state index is 12.7. The number of rotatable bonds is 5. The fourth-order valence-corrected chi connectivity index (χ4v) is 1.82. The Morgan fingerprint density at radius 3 is 2.52 bits per heavy atom. The van der Waals surface area contributed by atoms with Crippen molar-refractivity contribution in [2.75, 3.05) is 5.32 Å². The van der Waals surface area contributed by atoms with Gasteiger partial charge in [-0.3, -0.25) is 14.9 Å². The van der Waals surface area contributed by atoms with Gasteiger partial charge in [0.05, 0.1) is 16.9 Å². The molecule has 0 heterocycles. The number of carboxylic acids is 1. The molecule has 0 fully saturated rings. The summed E-state index contributed by atoms with van der Waals surface area (Å²) in [5.74, 6) is -1.12. The van der Waals surface area contributed by atoms with E-state index in [1.165, 1.54) is 14.8 Å². The molecule has 6 nitrogen and oxygen atoms in total. The average molecular weight is 304 g/mol. The first kappa shape index (κ1) is 16.8. The first-order valence-corrected chi connectivity index (χ1v) is 5.87. The van der Waals surface area contributed by atoms with Crippen LogP contribution in [-0.4, -0.2) is 29.9 Å². The molecule has 1 aromatic rings. The molecule has 0 aromatic heterocycles. The van der Waals surface area contributed by atoms with Crippen LogP contribution in [0.5, 0.6) is 0 Å². The molecule has 0 aliphatic heterocycles. The Labute approximate surface area is 118 Å². The number of hydrogen-bond donors (Lipinski definition) is 2. The van der Waals surface area contributed by atoms with Gasteiger partial charge in [-0.05, 0) is 6.92 Å². The fraction of sp³-hybridized carbons (Fsp3) is 0.364. The molecule has 0 unspecified atom stereocenters. The fourth-order valence-electron chi connectivity index (χ4n) is 1.82. The number of hydrogen-bond acceptors (Lipinski definition) is 4. The predicted octanol–water partition coefficient (Wildman–Crippen LogP) is 1.15. The number of halogens is 3. The zero-order valence-corrected chi connectivity index (χ0v) is 11.2. The van der Waals surface area contributed by atoms with E-state index in [1.54, 1.807) is 0 Å². The van der Waals surface area contributed by atoms with Gasteiger partial charge in [-0.15, -0.1) is 0 Å². The largest absolute Gasteiger partial charge is 0.481 e. The molecule has 0 saturated heterocycles. The molecule has 0 saturated carbocycles. The highest BCUT2D eigenvalue weighted by Crippen LogP contribution is 2.34. The van der Waals surface area contributed by atoms with Crippen LogP contribution in [0.3, 0.4) is 0 Å². The molecule has 0 spiro atoms. The quantitative estimate of drug-likeness (QED) is 0.483. The first-order valence-electron chi connectivity index (χ1n) is 5.87. The van der Waals surface area contributed by atoms with E-state index in [4.69, 9.17) is 5.11 Å². The molecule has 0 aliphatic carbocycles. The van der Waals surface area contributed by atoms with Crippen molar-refractivity contribution in [1.29, 1.82) is 0 Å². The van der Waals surface area contributed by atoms with E-state index in [9.17, 15) is 28.1 Å². The lowest BCUT2D eigenvalue weighted by molar-refractivity contribution is -0.384. The second-order valence-corrected chi connectivity index (χ2v) is 4.59. The number of aliphatic carboxylic acids is 1. The number of anilines is 1. The number of nitro groups is 1. The number of nitro benzene ring substituents is 1. The standard InChI is InChI=1S/C11H12BF3N2O4/c1-5(2-9(18)19)16-10-7(12)3-6(11(13,14)15)4-8(10)17(20)21/h3-5,16H,2,12H2,1H3,(H,18,19)/t5-/m1/s1. The van der Waals surface area contributed by atoms with Crippen LogP contribution in [0.4, 0.5) is 24.5 Å². The summed E-state index contributed by atoms with van der Waals surface area (Å²) in [5, 5.41) is 22.2. The van der Waals surface area contributed by atoms with Crippen LogP contribution in [0.15, 0.2) is 12.1 Å². The van der Waals surface area contributed by atoms with E-state index >= 15 is 0 Å². The lowest BCUT2D eigenvalue weighted by Crippen LogP contribution is -2.25. The Balaban J connectivity index is 3.26. The number of alkyl halides is 3. The van der Waals surface area contributed by atoms with Gasteiger partial charge in [0, 0.05) is 12.1 Å². The SMILES string of the molecule is Bc1cc(C(F)(F)F)cc([N+](=O)[O-])c1N[C@H](C)CC(=O)O. The van der Waals surface area contributed by atoms with Crippen LogP contribution >= 0.6 is 0 Å². The molecule has 0 bridgehead atoms. The number of nitrogens with zero attached hydrogens (tertiary/aromatic N) is 1. The van der Waals surface area contributed by atoms with Gasteiger partial charge in [0.25, 0.3) is 5.69 Å². The molecule has 114 valence electrons. The third-order valence-electron chi connectivity index (χ3n) is 2.71. The van der Waals surface area contributed by atoms with Gasteiger partial charge in [0.2, 0.25) is 0 Å². The van der Waals surface area contributed by atoms with Crippen LogP contribution in [0.25, 0.3) is 0 Å². The molecule has 10 heteroatoms. The predicted molar refractivity (Wildman–Crippen MR) is 71.6 cm³/mol. The van der Waals surface area contributed by atoms with E-state index in [0.29, 0.717) is 6.07 Å². The minimum absolute atomic E-state index is 0.0220. The van der Waals surface area contributed by atoms with Crippen LogP contribution in [0, 0.1) is 10.1 Å². The van der Waals surface area contributed by atoms with E-state index in [0.717, 1.165) is 6.07 Å². The summed E-state index contributed by atoms with van der Waals surface area (Å²) in [6.45, 7) is 1.47. The molecule has 0 radical (unpaired) electrons. The van der Waals surface area contributed by atoms with Crippen LogP contribution < -0.4 is 10.8 Å². The van der Waals surface area contributed by atoms with Gasteiger partial charge in [-0.1, -0.05) is 11.5 Å². The van der Waals surface area contributed by atoms with Crippen LogP contribution in [0.2, 0.25) is 0 Å². The minimum atomic E-state index is -4.69. The molecule has 1 aromatic carbocycles. The van der Waals surface area contributed by atoms with E-state index in [1.807, 2.05) is 0 Å². The Bertz CT molecular complexity index is 577. The lowest BCUT2D eigenvalue weighted by atomic mass is 9.90. The number of carboxylic acid groups (broad SMARTS) is 1. The van der Waals surface area contributed by atoms with Gasteiger partial charge in [-0.2, -0.15) is 13.2 Å². The second-order valence-electron chi connectivity index (χ2n) is 4.59. The van der Waals surface area contributed by atoms with Gasteiger partial charge < -0.3 is 10.4 Å². The van der Waals surface area contributed by atoms with Crippen molar-refractivity contribution in [3.63, 3.8) is 0 Å². The smallest absolute Gasteiger partial charge is 0.416 e. The number of nitrogens with one attached hydrogen (secondary N) is 1. The Morgan fingerprint density at radius 1 is 1.52 bits per heavy atom. The summed E-state index contributed by atoms with van der Waals surface area (Å²) >= 11 is 0. The van der Waals surface area contributed by atoms with E-state index < -0.39 is 34.4 Å². The van der Waals surface area contributed by atoms with Crippen molar-refractivity contribution in [2.45, 2.75) is 25.6 Å². The van der Waals surface area contributed by atoms with Gasteiger partial charge >= 0.3 is 12.1 Å². The van der Waals surface area contributed by atoms with Gasteiger partial charge in [-0.25, -0.2) is 0 Å². The summed E-state index contributed by atoms with van der Waals surface area (Å²) < 4.78 is 38.0. The molecular formula is C11H12BF3N2O4. The van der Waals surface area contributed by atoms with Crippen LogP contribution in [0.1, 0.15) is 18.9 Å². The highest BCUT2D eigenvalue weighted by atomic mass is 19.4. The summed E-state index contributed by atoms with van der Waals surface area (Å²) in [5.41, 5.74) is -1.95. The maximum absolute atomic E-state index is 12.7. The molecule has 1 rings (SSSR count). The second kappa shape index (κ2) is 6.02. The Morgan fingerprint density at radius 2 is 2.10 bits per heavy atom. The molecule has 2 N–H and O–H groups in total. The van der Waals surface area contributed by atoms with Crippen molar-refractivity contribution in [3.05, 3.63) is 27.8 Å². The summed E-state index contributed by atoms with van der Waals surface area (Å²) in [6, 6.07) is 0.544. The van der Waals surface area contributed by atoms with Crippen molar-refractivity contribution >= 4 is 30.7 Å². The van der Waals surface area contributed by atoms with Crippen molar-refractivity contribution in [1.82, 2.24) is 0 Å². The average Bonchev–Trinajstić information content (AvgIpc) is 2.28. The third-order valence-corrected chi connectivity index (χ3v) is 2.71. The van der Waals surface area contributed by atoms with E-state index in [-0.39, 0.29) is 17.6 Å². The van der Waals surface area contributed by atoms with Gasteiger partial charge in [0.15, 0.2) is 0 Å². The van der Waals surface area contributed by atoms with Crippen LogP contribution in [-0.2, 0) is 11.0 Å². The third kappa shape index (κ3) is 4.37. The highest BCUT2D eigenvalue weighted by molar-refractivity contribution is 6.36. The van der Waals surface area contributed by atoms with Crippen molar-refractivity contribution in [3.8, 4) is 0 Å².